The van der Waals surface area contributed by atoms with E-state index in [0.717, 1.165) is 48.9 Å². The highest BCUT2D eigenvalue weighted by atomic mass is 19.3. The molecule has 0 unspecified atom stereocenters. The average molecular weight is 432 g/mol. The lowest BCUT2D eigenvalue weighted by atomic mass is 10.1. The molecule has 0 bridgehead atoms. The molecule has 3 rings (SSSR count). The summed E-state index contributed by atoms with van der Waals surface area (Å²) in [5, 5.41) is 0. The molecule has 0 fully saturated rings. The third kappa shape index (κ3) is 5.57. The summed E-state index contributed by atoms with van der Waals surface area (Å²) in [6.07, 6.45) is -0.699. The zero-order chi connectivity index (χ0) is 22.4. The highest BCUT2D eigenvalue weighted by Gasteiger charge is 2.42. The molecule has 0 saturated heterocycles. The summed E-state index contributed by atoms with van der Waals surface area (Å²) in [6.45, 7) is 4.04. The molecule has 31 heavy (non-hydrogen) atoms. The third-order valence-electron chi connectivity index (χ3n) is 4.74. The van der Waals surface area contributed by atoms with Gasteiger partial charge in [-0.2, -0.15) is 8.78 Å². The molecule has 3 aromatic carbocycles. The highest BCUT2D eigenvalue weighted by molar-refractivity contribution is 5.39. The van der Waals surface area contributed by atoms with Crippen molar-refractivity contribution in [1.82, 2.24) is 0 Å². The molecule has 0 aliphatic heterocycles. The van der Waals surface area contributed by atoms with Crippen molar-refractivity contribution in [3.8, 4) is 17.2 Å². The van der Waals surface area contributed by atoms with E-state index in [4.69, 9.17) is 4.74 Å². The maximum Gasteiger partial charge on any atom is 0.432 e. The number of halogens is 4. The van der Waals surface area contributed by atoms with E-state index in [0.29, 0.717) is 0 Å². The first kappa shape index (κ1) is 22.7. The van der Waals surface area contributed by atoms with Crippen LogP contribution in [-0.2, 0) is 19.0 Å². The summed E-state index contributed by atoms with van der Waals surface area (Å²) in [6, 6.07) is 14.5. The SMILES string of the molecule is CCCc1ccc(Oc2ccc(F)c(C(F)(F)Oc3ccc(CCC)cc3)c2F)cc1. The molecule has 0 radical (unpaired) electrons. The van der Waals surface area contributed by atoms with E-state index in [1.165, 1.54) is 12.1 Å². The van der Waals surface area contributed by atoms with Gasteiger partial charge in [0.2, 0.25) is 0 Å². The molecule has 0 aliphatic rings. The van der Waals surface area contributed by atoms with Gasteiger partial charge in [0.1, 0.15) is 22.9 Å². The zero-order valence-electron chi connectivity index (χ0n) is 17.4. The van der Waals surface area contributed by atoms with E-state index in [-0.39, 0.29) is 11.5 Å². The number of hydrogen-bond acceptors (Lipinski definition) is 2. The maximum atomic E-state index is 14.9. The van der Waals surface area contributed by atoms with Crippen molar-refractivity contribution in [3.63, 3.8) is 0 Å². The van der Waals surface area contributed by atoms with Crippen LogP contribution in [0.1, 0.15) is 43.4 Å². The second kappa shape index (κ2) is 9.86. The van der Waals surface area contributed by atoms with Crippen molar-refractivity contribution in [2.24, 2.45) is 0 Å². The summed E-state index contributed by atoms with van der Waals surface area (Å²) in [7, 11) is 0. The van der Waals surface area contributed by atoms with Crippen molar-refractivity contribution >= 4 is 0 Å². The predicted molar refractivity (Wildman–Crippen MR) is 112 cm³/mol. The molecule has 6 heteroatoms. The first-order valence-corrected chi connectivity index (χ1v) is 10.2. The fraction of sp³-hybridized carbons (Fsp3) is 0.280. The Hall–Kier alpha value is -3.02. The van der Waals surface area contributed by atoms with Crippen LogP contribution in [0.4, 0.5) is 17.6 Å². The lowest BCUT2D eigenvalue weighted by molar-refractivity contribution is -0.189. The van der Waals surface area contributed by atoms with Crippen molar-refractivity contribution in [3.05, 3.63) is 89.0 Å². The number of rotatable bonds is 9. The summed E-state index contributed by atoms with van der Waals surface area (Å²) in [4.78, 5) is 0. The summed E-state index contributed by atoms with van der Waals surface area (Å²) in [5.41, 5.74) is 0.529. The summed E-state index contributed by atoms with van der Waals surface area (Å²) >= 11 is 0. The van der Waals surface area contributed by atoms with Gasteiger partial charge in [-0.1, -0.05) is 51.0 Å². The van der Waals surface area contributed by atoms with Gasteiger partial charge < -0.3 is 9.47 Å². The largest absolute Gasteiger partial charge is 0.454 e. The molecule has 0 spiro atoms. The van der Waals surface area contributed by atoms with Gasteiger partial charge >= 0.3 is 6.11 Å². The van der Waals surface area contributed by atoms with Crippen LogP contribution in [0.2, 0.25) is 0 Å². The molecule has 0 atom stereocenters. The lowest BCUT2D eigenvalue weighted by Crippen LogP contribution is -2.25. The molecular formula is C25H24F4O2. The summed E-state index contributed by atoms with van der Waals surface area (Å²) < 4.78 is 68.5. The van der Waals surface area contributed by atoms with E-state index in [9.17, 15) is 17.6 Å². The lowest BCUT2D eigenvalue weighted by Gasteiger charge is -2.20. The Labute approximate surface area is 179 Å². The number of ether oxygens (including phenoxy) is 2. The quantitative estimate of drug-likeness (QED) is 0.321. The molecule has 0 amide bonds. The van der Waals surface area contributed by atoms with Crippen LogP contribution in [0.3, 0.4) is 0 Å². The van der Waals surface area contributed by atoms with E-state index < -0.39 is 29.1 Å². The number of hydrogen-bond donors (Lipinski definition) is 0. The van der Waals surface area contributed by atoms with Crippen LogP contribution in [-0.4, -0.2) is 0 Å². The fourth-order valence-electron chi connectivity index (χ4n) is 3.23. The Morgan fingerprint density at radius 3 is 1.74 bits per heavy atom. The maximum absolute atomic E-state index is 14.9. The minimum Gasteiger partial charge on any atom is -0.454 e. The predicted octanol–water partition coefficient (Wildman–Crippen LogP) is 7.79. The van der Waals surface area contributed by atoms with Crippen molar-refractivity contribution < 1.29 is 27.0 Å². The molecule has 164 valence electrons. The highest BCUT2D eigenvalue weighted by Crippen LogP contribution is 2.39. The van der Waals surface area contributed by atoms with Gasteiger partial charge in [-0.25, -0.2) is 8.78 Å². The molecule has 0 aromatic heterocycles. The van der Waals surface area contributed by atoms with Crippen LogP contribution in [0.25, 0.3) is 0 Å². The zero-order valence-corrected chi connectivity index (χ0v) is 17.4. The molecule has 3 aromatic rings. The molecule has 0 heterocycles. The first-order valence-electron chi connectivity index (χ1n) is 10.2. The second-order valence-corrected chi connectivity index (χ2v) is 7.24. The van der Waals surface area contributed by atoms with E-state index in [2.05, 4.69) is 4.74 Å². The Bertz CT molecular complexity index is 999. The van der Waals surface area contributed by atoms with E-state index >= 15 is 0 Å². The first-order chi connectivity index (χ1) is 14.8. The number of alkyl halides is 2. The molecular weight excluding hydrogens is 408 g/mol. The molecule has 2 nitrogen and oxygen atoms in total. The van der Waals surface area contributed by atoms with Crippen molar-refractivity contribution in [2.45, 2.75) is 45.6 Å². The summed E-state index contributed by atoms with van der Waals surface area (Å²) in [5.74, 6) is -3.38. The van der Waals surface area contributed by atoms with Crippen LogP contribution >= 0.6 is 0 Å². The molecule has 0 N–H and O–H groups in total. The van der Waals surface area contributed by atoms with Crippen LogP contribution in [0, 0.1) is 11.6 Å². The van der Waals surface area contributed by atoms with E-state index in [1.54, 1.807) is 36.4 Å². The third-order valence-corrected chi connectivity index (χ3v) is 4.74. The smallest absolute Gasteiger partial charge is 0.432 e. The Morgan fingerprint density at radius 1 is 0.710 bits per heavy atom. The van der Waals surface area contributed by atoms with Gasteiger partial charge in [0.25, 0.3) is 0 Å². The monoisotopic (exact) mass is 432 g/mol. The Kier molecular flexibility index (Phi) is 7.21. The minimum absolute atomic E-state index is 0.193. The average Bonchev–Trinajstić information content (AvgIpc) is 2.73. The molecule has 0 aliphatic carbocycles. The van der Waals surface area contributed by atoms with Gasteiger partial charge in [0, 0.05) is 0 Å². The second-order valence-electron chi connectivity index (χ2n) is 7.24. The Morgan fingerprint density at radius 2 is 1.23 bits per heavy atom. The topological polar surface area (TPSA) is 18.5 Å². The van der Waals surface area contributed by atoms with Gasteiger partial charge in [0.15, 0.2) is 11.6 Å². The van der Waals surface area contributed by atoms with Crippen LogP contribution in [0.15, 0.2) is 60.7 Å². The van der Waals surface area contributed by atoms with Crippen molar-refractivity contribution in [2.75, 3.05) is 0 Å². The van der Waals surface area contributed by atoms with Crippen LogP contribution < -0.4 is 9.47 Å². The van der Waals surface area contributed by atoms with Crippen molar-refractivity contribution in [1.29, 1.82) is 0 Å². The van der Waals surface area contributed by atoms with E-state index in [1.807, 2.05) is 13.8 Å². The Balaban J connectivity index is 1.84. The van der Waals surface area contributed by atoms with Gasteiger partial charge in [-0.05, 0) is 60.4 Å². The van der Waals surface area contributed by atoms with Gasteiger partial charge in [0.05, 0.1) is 0 Å². The number of aryl methyl sites for hydroxylation is 2. The van der Waals surface area contributed by atoms with Crippen LogP contribution in [0.5, 0.6) is 17.2 Å². The van der Waals surface area contributed by atoms with Gasteiger partial charge in [-0.3, -0.25) is 0 Å². The van der Waals surface area contributed by atoms with Gasteiger partial charge in [-0.15, -0.1) is 0 Å². The molecule has 0 saturated carbocycles. The number of benzene rings is 3. The fourth-order valence-corrected chi connectivity index (χ4v) is 3.23. The minimum atomic E-state index is -4.23. The standard InChI is InChI=1S/C25H24F4O2/c1-3-5-17-7-11-19(12-8-17)30-22-16-15-21(26)23(24(22)27)25(28,29)31-20-13-9-18(6-4-2)10-14-20/h7-16H,3-6H2,1-2H3. The normalized spacial score (nSPS) is 11.4.